The molecule has 0 aromatic heterocycles. The van der Waals surface area contributed by atoms with Gasteiger partial charge >= 0.3 is 5.97 Å². The Morgan fingerprint density at radius 3 is 1.95 bits per heavy atom. The van der Waals surface area contributed by atoms with Crippen LogP contribution in [0.2, 0.25) is 18.1 Å². The molecule has 4 heteroatoms. The van der Waals surface area contributed by atoms with Crippen LogP contribution < -0.4 is 0 Å². The van der Waals surface area contributed by atoms with E-state index >= 15 is 0 Å². The van der Waals surface area contributed by atoms with Crippen LogP contribution in [0.1, 0.15) is 46.3 Å². The van der Waals surface area contributed by atoms with Crippen LogP contribution >= 0.6 is 0 Å². The molecule has 1 aromatic carbocycles. The number of rotatable bonds is 8. The molecule has 0 heterocycles. The number of hydrogen-bond donors (Lipinski definition) is 0. The van der Waals surface area contributed by atoms with Gasteiger partial charge in [-0.1, -0.05) is 76.2 Å². The summed E-state index contributed by atoms with van der Waals surface area (Å²) in [6, 6.07) is 12.4. The lowest BCUT2D eigenvalue weighted by Crippen LogP contribution is -2.47. The SMILES string of the molecule is CC[Si](CC)(CC)C(=O)C(C)C(OC(C)=O)c1ccccc1. The molecule has 0 amide bonds. The maximum absolute atomic E-state index is 13.1. The zero-order chi connectivity index (χ0) is 16.8. The Morgan fingerprint density at radius 2 is 1.55 bits per heavy atom. The van der Waals surface area contributed by atoms with E-state index in [-0.39, 0.29) is 11.9 Å². The molecule has 0 saturated heterocycles. The molecule has 0 N–H and O–H groups in total. The van der Waals surface area contributed by atoms with Gasteiger partial charge in [0.05, 0.1) is 5.92 Å². The van der Waals surface area contributed by atoms with E-state index in [2.05, 4.69) is 20.8 Å². The van der Waals surface area contributed by atoms with E-state index in [0.717, 1.165) is 23.7 Å². The number of hydrogen-bond acceptors (Lipinski definition) is 3. The van der Waals surface area contributed by atoms with Crippen molar-refractivity contribution >= 4 is 19.4 Å². The van der Waals surface area contributed by atoms with Crippen molar-refractivity contribution in [1.29, 1.82) is 0 Å². The molecule has 0 spiro atoms. The molecule has 1 aromatic rings. The van der Waals surface area contributed by atoms with Crippen molar-refractivity contribution < 1.29 is 14.3 Å². The average Bonchev–Trinajstić information content (AvgIpc) is 2.54. The topological polar surface area (TPSA) is 43.4 Å². The Morgan fingerprint density at radius 1 is 1.05 bits per heavy atom. The fraction of sp³-hybridized carbons (Fsp3) is 0.556. The molecule has 0 aliphatic heterocycles. The Labute approximate surface area is 135 Å². The minimum Gasteiger partial charge on any atom is -0.457 e. The largest absolute Gasteiger partial charge is 0.457 e. The molecular formula is C18H28O3Si. The fourth-order valence-corrected chi connectivity index (χ4v) is 6.84. The monoisotopic (exact) mass is 320 g/mol. The van der Waals surface area contributed by atoms with Gasteiger partial charge in [-0.05, 0) is 5.56 Å². The first kappa shape index (κ1) is 18.6. The van der Waals surface area contributed by atoms with Crippen molar-refractivity contribution in [2.45, 2.75) is 58.9 Å². The van der Waals surface area contributed by atoms with E-state index in [1.54, 1.807) is 0 Å². The van der Waals surface area contributed by atoms with Crippen LogP contribution in [-0.4, -0.2) is 19.4 Å². The minimum absolute atomic E-state index is 0.294. The average molecular weight is 321 g/mol. The molecular weight excluding hydrogens is 292 g/mol. The molecule has 1 rings (SSSR count). The van der Waals surface area contributed by atoms with E-state index < -0.39 is 14.2 Å². The summed E-state index contributed by atoms with van der Waals surface area (Å²) in [5.74, 6) is -0.636. The maximum atomic E-state index is 13.1. The van der Waals surface area contributed by atoms with Gasteiger partial charge < -0.3 is 9.53 Å². The number of carbonyl (C=O) groups excluding carboxylic acids is 2. The second-order valence-electron chi connectivity index (χ2n) is 5.93. The van der Waals surface area contributed by atoms with Crippen LogP contribution in [0.15, 0.2) is 30.3 Å². The highest BCUT2D eigenvalue weighted by molar-refractivity contribution is 7.06. The summed E-state index contributed by atoms with van der Waals surface area (Å²) in [6.07, 6.45) is -0.484. The predicted molar refractivity (Wildman–Crippen MR) is 92.3 cm³/mol. The van der Waals surface area contributed by atoms with Crippen LogP contribution in [0, 0.1) is 5.92 Å². The lowest BCUT2D eigenvalue weighted by atomic mass is 9.98. The Hall–Kier alpha value is -1.42. The summed E-state index contributed by atoms with van der Waals surface area (Å²) < 4.78 is 5.51. The van der Waals surface area contributed by atoms with Crippen LogP contribution in [-0.2, 0) is 14.3 Å². The van der Waals surface area contributed by atoms with E-state index in [0.29, 0.717) is 5.41 Å². The third-order valence-corrected chi connectivity index (χ3v) is 10.4. The van der Waals surface area contributed by atoms with Crippen molar-refractivity contribution in [3.05, 3.63) is 35.9 Å². The zero-order valence-electron chi connectivity index (χ0n) is 14.4. The molecule has 3 nitrogen and oxygen atoms in total. The molecule has 0 fully saturated rings. The number of benzene rings is 1. The van der Waals surface area contributed by atoms with Crippen molar-refractivity contribution in [2.24, 2.45) is 5.92 Å². The minimum atomic E-state index is -1.96. The molecule has 122 valence electrons. The Balaban J connectivity index is 3.14. The van der Waals surface area contributed by atoms with Crippen LogP contribution in [0.4, 0.5) is 0 Å². The highest BCUT2D eigenvalue weighted by Gasteiger charge is 2.41. The first-order chi connectivity index (χ1) is 10.4. The summed E-state index contributed by atoms with van der Waals surface area (Å²) in [5.41, 5.74) is 0.893. The molecule has 2 atom stereocenters. The van der Waals surface area contributed by atoms with Crippen LogP contribution in [0.5, 0.6) is 0 Å². The summed E-state index contributed by atoms with van der Waals surface area (Å²) >= 11 is 0. The Kier molecular flexibility index (Phi) is 7.00. The third kappa shape index (κ3) is 4.06. The van der Waals surface area contributed by atoms with Gasteiger partial charge in [0.15, 0.2) is 0 Å². The van der Waals surface area contributed by atoms with E-state index in [4.69, 9.17) is 4.74 Å². The van der Waals surface area contributed by atoms with Gasteiger partial charge in [-0.25, -0.2) is 0 Å². The van der Waals surface area contributed by atoms with Gasteiger partial charge in [0, 0.05) is 6.92 Å². The number of esters is 1. The molecule has 0 radical (unpaired) electrons. The van der Waals surface area contributed by atoms with E-state index in [1.807, 2.05) is 37.3 Å². The fourth-order valence-electron chi connectivity index (χ4n) is 3.17. The van der Waals surface area contributed by atoms with Crippen molar-refractivity contribution in [2.75, 3.05) is 0 Å². The molecule has 0 bridgehead atoms. The second-order valence-corrected chi connectivity index (χ2v) is 11.1. The van der Waals surface area contributed by atoms with E-state index in [1.165, 1.54) is 6.92 Å². The lowest BCUT2D eigenvalue weighted by molar-refractivity contribution is -0.150. The summed E-state index contributed by atoms with van der Waals surface area (Å²) in [5, 5.41) is 0.329. The predicted octanol–water partition coefficient (Wildman–Crippen LogP) is 4.54. The summed E-state index contributed by atoms with van der Waals surface area (Å²) in [7, 11) is -1.96. The van der Waals surface area contributed by atoms with Crippen molar-refractivity contribution in [3.8, 4) is 0 Å². The van der Waals surface area contributed by atoms with Gasteiger partial charge in [-0.15, -0.1) is 0 Å². The lowest BCUT2D eigenvalue weighted by Gasteiger charge is -2.32. The maximum Gasteiger partial charge on any atom is 0.303 e. The summed E-state index contributed by atoms with van der Waals surface area (Å²) in [6.45, 7) is 9.66. The van der Waals surface area contributed by atoms with Gasteiger partial charge in [0.2, 0.25) is 0 Å². The molecule has 0 saturated carbocycles. The molecule has 0 aliphatic rings. The molecule has 22 heavy (non-hydrogen) atoms. The smallest absolute Gasteiger partial charge is 0.303 e. The Bertz CT molecular complexity index is 486. The van der Waals surface area contributed by atoms with Gasteiger partial charge in [-0.3, -0.25) is 4.79 Å². The van der Waals surface area contributed by atoms with E-state index in [9.17, 15) is 9.59 Å². The van der Waals surface area contributed by atoms with Crippen LogP contribution in [0.3, 0.4) is 0 Å². The molecule has 0 aliphatic carbocycles. The first-order valence-electron chi connectivity index (χ1n) is 8.18. The van der Waals surface area contributed by atoms with Gasteiger partial charge in [-0.2, -0.15) is 0 Å². The van der Waals surface area contributed by atoms with Gasteiger partial charge in [0.25, 0.3) is 0 Å². The number of carbonyl (C=O) groups is 2. The number of ether oxygens (including phenoxy) is 1. The second kappa shape index (κ2) is 8.27. The molecule has 2 unspecified atom stereocenters. The van der Waals surface area contributed by atoms with Crippen molar-refractivity contribution in [1.82, 2.24) is 0 Å². The zero-order valence-corrected chi connectivity index (χ0v) is 15.4. The standard InChI is InChI=1S/C18H28O3Si/c1-6-22(7-2,8-3)18(20)14(4)17(21-15(5)19)16-12-10-9-11-13-16/h9-14,17H,6-8H2,1-5H3. The van der Waals surface area contributed by atoms with Gasteiger partial charge in [0.1, 0.15) is 19.6 Å². The third-order valence-electron chi connectivity index (χ3n) is 4.84. The normalized spacial score (nSPS) is 14.2. The van der Waals surface area contributed by atoms with Crippen LogP contribution in [0.25, 0.3) is 0 Å². The highest BCUT2D eigenvalue weighted by atomic mass is 28.3. The highest BCUT2D eigenvalue weighted by Crippen LogP contribution is 2.33. The first-order valence-corrected chi connectivity index (χ1v) is 10.8. The summed E-state index contributed by atoms with van der Waals surface area (Å²) in [4.78, 5) is 24.6. The van der Waals surface area contributed by atoms with Crippen molar-refractivity contribution in [3.63, 3.8) is 0 Å². The quantitative estimate of drug-likeness (QED) is 0.521.